The maximum absolute atomic E-state index is 9.19. The van der Waals surface area contributed by atoms with Crippen molar-refractivity contribution in [1.29, 1.82) is 0 Å². The molecule has 0 saturated carbocycles. The molecule has 7 heavy (non-hydrogen) atoms. The van der Waals surface area contributed by atoms with E-state index >= 15 is 0 Å². The quantitative estimate of drug-likeness (QED) is 0.353. The van der Waals surface area contributed by atoms with Gasteiger partial charge < -0.3 is 0 Å². The second-order valence-corrected chi connectivity index (χ2v) is 2.20. The van der Waals surface area contributed by atoms with E-state index in [1.54, 1.807) is 0 Å². The molecule has 0 heterocycles. The van der Waals surface area contributed by atoms with Crippen molar-refractivity contribution in [2.45, 2.75) is 0 Å². The summed E-state index contributed by atoms with van der Waals surface area (Å²) >= 11 is 0. The molecule has 0 atom stereocenters. The summed E-state index contributed by atoms with van der Waals surface area (Å²) < 4.78 is 25.9. The fourth-order valence-electron chi connectivity index (χ4n) is 0. The molecular formula is CH7CaFO3S. The van der Waals surface area contributed by atoms with Crippen LogP contribution in [0.25, 0.3) is 0 Å². The summed E-state index contributed by atoms with van der Waals surface area (Å²) in [5.74, 6) is 0. The number of hydrogen-bond donors (Lipinski definition) is 1. The molecule has 0 unspecified atom stereocenters. The van der Waals surface area contributed by atoms with Crippen LogP contribution in [0.2, 0.25) is 0 Å². The third-order valence-corrected chi connectivity index (χ3v) is 0. The molecule has 0 aliphatic heterocycles. The fraction of sp³-hybridized carbons (Fsp3) is 1.00. The van der Waals surface area contributed by atoms with Crippen LogP contribution in [0.4, 0.5) is 4.70 Å². The molecule has 6 heteroatoms. The zero-order valence-electron chi connectivity index (χ0n) is 3.08. The Kier molecular flexibility index (Phi) is 11.8. The SMILES string of the molecule is CS(=O)(=O)O.F.[CaH2]. The van der Waals surface area contributed by atoms with E-state index in [2.05, 4.69) is 0 Å². The predicted molar refractivity (Wildman–Crippen MR) is 28.5 cm³/mol. The van der Waals surface area contributed by atoms with E-state index in [0.29, 0.717) is 6.26 Å². The van der Waals surface area contributed by atoms with Gasteiger partial charge in [-0.25, -0.2) is 0 Å². The molecule has 0 aromatic heterocycles. The Morgan fingerprint density at radius 1 is 1.43 bits per heavy atom. The average Bonchev–Trinajstić information content (AvgIpc) is 0.722. The van der Waals surface area contributed by atoms with Crippen molar-refractivity contribution in [2.24, 2.45) is 0 Å². The fourth-order valence-corrected chi connectivity index (χ4v) is 0. The summed E-state index contributed by atoms with van der Waals surface area (Å²) in [6.07, 6.45) is 0.715. The van der Waals surface area contributed by atoms with Gasteiger partial charge in [-0.3, -0.25) is 9.26 Å². The van der Waals surface area contributed by atoms with Crippen LogP contribution >= 0.6 is 0 Å². The van der Waals surface area contributed by atoms with Gasteiger partial charge in [-0.15, -0.1) is 0 Å². The molecular weight excluding hydrogens is 151 g/mol. The minimum absolute atomic E-state index is 0. The molecule has 0 fully saturated rings. The van der Waals surface area contributed by atoms with Crippen molar-refractivity contribution < 1.29 is 17.7 Å². The summed E-state index contributed by atoms with van der Waals surface area (Å²) in [6.45, 7) is 0. The van der Waals surface area contributed by atoms with E-state index < -0.39 is 10.1 Å². The van der Waals surface area contributed by atoms with Gasteiger partial charge in [-0.1, -0.05) is 0 Å². The van der Waals surface area contributed by atoms with Crippen LogP contribution < -0.4 is 0 Å². The van der Waals surface area contributed by atoms with Crippen LogP contribution in [0.3, 0.4) is 0 Å². The maximum atomic E-state index is 9.19. The Bertz CT molecular complexity index is 98.1. The second kappa shape index (κ2) is 5.24. The van der Waals surface area contributed by atoms with E-state index in [-0.39, 0.29) is 42.4 Å². The van der Waals surface area contributed by atoms with Crippen LogP contribution in [0, 0.1) is 0 Å². The first-order valence-electron chi connectivity index (χ1n) is 0.924. The average molecular weight is 158 g/mol. The van der Waals surface area contributed by atoms with Gasteiger partial charge in [-0.05, 0) is 0 Å². The van der Waals surface area contributed by atoms with Crippen LogP contribution in [-0.4, -0.2) is 57.0 Å². The third-order valence-electron chi connectivity index (χ3n) is 0. The summed E-state index contributed by atoms with van der Waals surface area (Å²) in [5.41, 5.74) is 0. The number of rotatable bonds is 0. The van der Waals surface area contributed by atoms with Crippen molar-refractivity contribution >= 4 is 47.9 Å². The van der Waals surface area contributed by atoms with Crippen molar-refractivity contribution in [3.05, 3.63) is 0 Å². The monoisotopic (exact) mass is 158 g/mol. The van der Waals surface area contributed by atoms with Crippen LogP contribution in [0.15, 0.2) is 0 Å². The zero-order chi connectivity index (χ0) is 4.50. The summed E-state index contributed by atoms with van der Waals surface area (Å²) in [7, 11) is -3.67. The zero-order valence-corrected chi connectivity index (χ0v) is 3.90. The molecule has 0 amide bonds. The number of halogens is 1. The van der Waals surface area contributed by atoms with Gasteiger partial charge in [0, 0.05) is 0 Å². The molecule has 0 aromatic rings. The van der Waals surface area contributed by atoms with Gasteiger partial charge in [0.15, 0.2) is 0 Å². The standard InChI is InChI=1S/CH4O3S.Ca.FH.2H/c1-5(2,3)4;;;;/h1H3,(H,2,3,4);;1H;;. The second-order valence-electron chi connectivity index (χ2n) is 0.733. The van der Waals surface area contributed by atoms with Gasteiger partial charge >= 0.3 is 37.7 Å². The first-order chi connectivity index (χ1) is 2.00. The molecule has 1 N–H and O–H groups in total. The van der Waals surface area contributed by atoms with E-state index in [0.717, 1.165) is 0 Å². The Balaban J connectivity index is -0.0000000800. The predicted octanol–water partition coefficient (Wildman–Crippen LogP) is -1.26. The number of hydrogen-bond acceptors (Lipinski definition) is 2. The topological polar surface area (TPSA) is 54.4 Å². The summed E-state index contributed by atoms with van der Waals surface area (Å²) in [4.78, 5) is 0. The van der Waals surface area contributed by atoms with Crippen molar-refractivity contribution in [3.63, 3.8) is 0 Å². The molecule has 44 valence electrons. The molecule has 0 aliphatic rings. The van der Waals surface area contributed by atoms with E-state index in [4.69, 9.17) is 4.55 Å². The molecule has 0 spiro atoms. The normalized spacial score (nSPS) is 8.29. The Hall–Kier alpha value is 1.10. The van der Waals surface area contributed by atoms with Gasteiger partial charge in [0.1, 0.15) is 0 Å². The molecule has 0 rings (SSSR count). The Morgan fingerprint density at radius 2 is 1.43 bits per heavy atom. The van der Waals surface area contributed by atoms with Crippen LogP contribution in [0.1, 0.15) is 0 Å². The van der Waals surface area contributed by atoms with E-state index in [1.807, 2.05) is 0 Å². The molecule has 0 radical (unpaired) electrons. The molecule has 3 nitrogen and oxygen atoms in total. The summed E-state index contributed by atoms with van der Waals surface area (Å²) in [6, 6.07) is 0. The molecule has 0 aromatic carbocycles. The Morgan fingerprint density at radius 3 is 1.43 bits per heavy atom. The first-order valence-corrected chi connectivity index (χ1v) is 2.77. The van der Waals surface area contributed by atoms with Crippen LogP contribution in [-0.2, 0) is 10.1 Å². The van der Waals surface area contributed by atoms with Crippen molar-refractivity contribution in [1.82, 2.24) is 0 Å². The van der Waals surface area contributed by atoms with Gasteiger partial charge in [-0.2, -0.15) is 8.42 Å². The minimum atomic E-state index is -3.67. The Labute approximate surface area is 71.2 Å². The van der Waals surface area contributed by atoms with Crippen molar-refractivity contribution in [2.75, 3.05) is 6.26 Å². The summed E-state index contributed by atoms with van der Waals surface area (Å²) in [5, 5.41) is 0. The third kappa shape index (κ3) is 153. The van der Waals surface area contributed by atoms with E-state index in [9.17, 15) is 8.42 Å². The van der Waals surface area contributed by atoms with E-state index in [1.165, 1.54) is 0 Å². The van der Waals surface area contributed by atoms with Gasteiger partial charge in [0.25, 0.3) is 10.1 Å². The molecule has 0 saturated heterocycles. The van der Waals surface area contributed by atoms with Crippen molar-refractivity contribution in [3.8, 4) is 0 Å². The van der Waals surface area contributed by atoms with Crippen LogP contribution in [0.5, 0.6) is 0 Å². The molecule has 0 bridgehead atoms. The van der Waals surface area contributed by atoms with Gasteiger partial charge in [0.2, 0.25) is 0 Å². The molecule has 0 aliphatic carbocycles. The first kappa shape index (κ1) is 15.7. The van der Waals surface area contributed by atoms with Gasteiger partial charge in [0.05, 0.1) is 6.26 Å².